The van der Waals surface area contributed by atoms with Crippen molar-refractivity contribution in [2.75, 3.05) is 44.0 Å². The van der Waals surface area contributed by atoms with Crippen molar-refractivity contribution >= 4 is 90.5 Å². The van der Waals surface area contributed by atoms with Crippen LogP contribution >= 0.6 is 0 Å². The van der Waals surface area contributed by atoms with E-state index in [1.54, 1.807) is 23.1 Å². The minimum absolute atomic E-state index is 0.00515. The van der Waals surface area contributed by atoms with Crippen LogP contribution in [0.1, 0.15) is 79.7 Å². The number of anilines is 3. The summed E-state index contributed by atoms with van der Waals surface area (Å²) in [6, 6.07) is 53.8. The van der Waals surface area contributed by atoms with E-state index < -0.39 is 24.1 Å². The fourth-order valence-corrected chi connectivity index (χ4v) is 11.6. The van der Waals surface area contributed by atoms with Gasteiger partial charge in [-0.2, -0.15) is 0 Å². The van der Waals surface area contributed by atoms with Crippen LogP contribution in [0.3, 0.4) is 0 Å². The molecule has 2 aliphatic rings. The number of likely N-dealkylation sites (tertiary alicyclic amines) is 2. The Morgan fingerprint density at radius 2 is 1.08 bits per heavy atom. The van der Waals surface area contributed by atoms with E-state index in [9.17, 15) is 24.0 Å². The number of Topliss-reactive ketones (excluding diaryl/α,β-unsaturated/α-hetero) is 1. The van der Waals surface area contributed by atoms with Crippen LogP contribution in [0.2, 0.25) is 0 Å². The lowest BCUT2D eigenvalue weighted by atomic mass is 9.97. The number of carboxylic acid groups (broad SMARTS) is 1. The number of benzene rings is 7. The number of aliphatic carboxylic acids is 1. The number of likely N-dealkylation sites (N-methyl/N-ethyl adjacent to an activating group) is 1. The zero-order valence-corrected chi connectivity index (χ0v) is 48.8. The normalized spacial score (nSPS) is 15.9. The summed E-state index contributed by atoms with van der Waals surface area (Å²) in [4.78, 5) is 84.6. The second kappa shape index (κ2) is 25.5. The molecule has 87 heavy (non-hydrogen) atoms. The lowest BCUT2D eigenvalue weighted by Crippen LogP contribution is -2.43. The van der Waals surface area contributed by atoms with Gasteiger partial charge < -0.3 is 50.5 Å². The molecule has 18 nitrogen and oxygen atoms in total. The SMILES string of the molecule is C[C@@H](C(=O)N1CCC[C@H]1C(=O)Cc1ccc2[nH]c(-c3nc4cc(NC(=O)[C@@H](c5ccccc5)N(C)C)ccc4o3)cc2c1)c1ccccc1.C[C@@H](C(=O)N1CCC[C@H]1C(=O)O)c1ccccc1.Nc1ccc2[nH]c(-c3nc4cc(N)ccc4o3)cc2c1. The van der Waals surface area contributed by atoms with Crippen LogP contribution < -0.4 is 16.8 Å². The number of amides is 3. The number of ketones is 1. The lowest BCUT2D eigenvalue weighted by Gasteiger charge is -2.27. The van der Waals surface area contributed by atoms with Gasteiger partial charge in [0.05, 0.1) is 17.9 Å². The van der Waals surface area contributed by atoms with E-state index in [2.05, 4.69) is 20.3 Å². The maximum atomic E-state index is 13.5. The molecule has 0 aliphatic carbocycles. The smallest absolute Gasteiger partial charge is 0.326 e. The Morgan fingerprint density at radius 3 is 1.64 bits per heavy atom. The number of nitrogen functional groups attached to an aromatic ring is 2. The molecular weight excluding hydrogens is 1100 g/mol. The van der Waals surface area contributed by atoms with E-state index in [1.165, 1.54) is 4.90 Å². The van der Waals surface area contributed by atoms with E-state index in [4.69, 9.17) is 30.4 Å². The number of carbonyl (C=O) groups excluding carboxylic acids is 4. The Morgan fingerprint density at radius 1 is 0.598 bits per heavy atom. The Bertz CT molecular complexity index is 4210. The van der Waals surface area contributed by atoms with Crippen LogP contribution in [0.25, 0.3) is 67.2 Å². The molecule has 7 aromatic carbocycles. The molecule has 0 bridgehead atoms. The van der Waals surface area contributed by atoms with Gasteiger partial charge in [0.15, 0.2) is 16.9 Å². The fraction of sp³-hybridized carbons (Fsp3) is 0.232. The number of nitrogens with one attached hydrogen (secondary N) is 3. The molecule has 18 heteroatoms. The van der Waals surface area contributed by atoms with Gasteiger partial charge in [-0.3, -0.25) is 24.1 Å². The number of carboxylic acids is 1. The number of H-pyrrole nitrogens is 2. The largest absolute Gasteiger partial charge is 0.480 e. The van der Waals surface area contributed by atoms with Crippen molar-refractivity contribution in [1.29, 1.82) is 0 Å². The van der Waals surface area contributed by atoms with Gasteiger partial charge in [0.1, 0.15) is 34.5 Å². The highest BCUT2D eigenvalue weighted by atomic mass is 16.4. The molecule has 3 amide bonds. The van der Waals surface area contributed by atoms with Crippen molar-refractivity contribution in [2.24, 2.45) is 0 Å². The van der Waals surface area contributed by atoms with Crippen molar-refractivity contribution in [3.05, 3.63) is 198 Å². The highest BCUT2D eigenvalue weighted by Gasteiger charge is 2.37. The highest BCUT2D eigenvalue weighted by Crippen LogP contribution is 2.33. The van der Waals surface area contributed by atoms with Crippen molar-refractivity contribution in [2.45, 2.75) is 75.9 Å². The van der Waals surface area contributed by atoms with Gasteiger partial charge in [-0.25, -0.2) is 14.8 Å². The van der Waals surface area contributed by atoms with E-state index in [0.717, 1.165) is 73.8 Å². The number of aromatic amines is 2. The van der Waals surface area contributed by atoms with E-state index >= 15 is 0 Å². The summed E-state index contributed by atoms with van der Waals surface area (Å²) in [5.74, 6) is -0.682. The molecule has 2 aliphatic heterocycles. The van der Waals surface area contributed by atoms with Gasteiger partial charge in [0, 0.05) is 58.4 Å². The average Bonchev–Trinajstić information content (AvgIpc) is 2.59. The van der Waals surface area contributed by atoms with E-state index in [-0.39, 0.29) is 41.8 Å². The predicted molar refractivity (Wildman–Crippen MR) is 338 cm³/mol. The zero-order valence-electron chi connectivity index (χ0n) is 48.8. The maximum absolute atomic E-state index is 13.5. The van der Waals surface area contributed by atoms with Gasteiger partial charge in [-0.15, -0.1) is 0 Å². The van der Waals surface area contributed by atoms with E-state index in [1.807, 2.05) is 191 Å². The number of nitrogens with two attached hydrogens (primary N) is 2. The molecule has 13 rings (SSSR count). The molecule has 5 atom stereocenters. The first-order valence-electron chi connectivity index (χ1n) is 29.1. The molecule has 0 spiro atoms. The monoisotopic (exact) mass is 1160 g/mol. The van der Waals surface area contributed by atoms with Gasteiger partial charge in [-0.1, -0.05) is 97.1 Å². The molecule has 11 aromatic rings. The summed E-state index contributed by atoms with van der Waals surface area (Å²) in [5, 5.41) is 14.1. The second-order valence-corrected chi connectivity index (χ2v) is 22.5. The average molecular weight is 1170 g/mol. The molecule has 4 aromatic heterocycles. The topological polar surface area (TPSA) is 263 Å². The van der Waals surface area contributed by atoms with Crippen molar-refractivity contribution in [3.63, 3.8) is 0 Å². The quantitative estimate of drug-likeness (QED) is 0.0554. The number of carbonyl (C=O) groups is 5. The number of nitrogens with zero attached hydrogens (tertiary/aromatic N) is 5. The Kier molecular flexibility index (Phi) is 17.1. The molecule has 0 radical (unpaired) electrons. The summed E-state index contributed by atoms with van der Waals surface area (Å²) in [6.45, 7) is 4.90. The lowest BCUT2D eigenvalue weighted by molar-refractivity contribution is -0.148. The molecular formula is C69H68N10O8. The number of hydrogen-bond acceptors (Lipinski definition) is 12. The van der Waals surface area contributed by atoms with Gasteiger partial charge in [0.25, 0.3) is 0 Å². The Balaban J connectivity index is 0.000000167. The summed E-state index contributed by atoms with van der Waals surface area (Å²) >= 11 is 0. The number of hydrogen-bond donors (Lipinski definition) is 6. The van der Waals surface area contributed by atoms with Crippen LogP contribution in [0.4, 0.5) is 17.1 Å². The van der Waals surface area contributed by atoms with Gasteiger partial charge in [-0.05, 0) is 155 Å². The standard InChI is InChI=1S/C40H39N5O4.C15H12N4O.C14H17NO3/c1-25(27-11-6-4-7-12-27)40(48)45-20-10-15-34(45)35(46)22-26-16-18-31-29(21-26)23-33(42-31)39-43-32-24-30(17-19-36(32)49-39)41-38(47)37(44(2)3)28-13-8-5-9-14-28;16-9-1-3-11-8(5-9)6-13(18-11)15-19-12-7-10(17)2-4-14(12)20-15;1-10(11-6-3-2-4-7-11)13(16)15-9-5-8-12(15)14(17)18/h4-9,11-14,16-19,21,23-25,34,37,42H,10,15,20,22H2,1-3H3,(H,41,47);1-7,18H,16-17H2;2-4,6-7,10,12H,5,8-9H2,1H3,(H,17,18)/t25-,34+,37-;;10-,12+/m1.1/s1. The van der Waals surface area contributed by atoms with E-state index in [0.29, 0.717) is 71.5 Å². The molecule has 6 heterocycles. The van der Waals surface area contributed by atoms with Crippen LogP contribution in [-0.4, -0.2) is 108 Å². The van der Waals surface area contributed by atoms with Crippen LogP contribution in [0, 0.1) is 0 Å². The Hall–Kier alpha value is -10.3. The first kappa shape index (κ1) is 58.4. The third-order valence-electron chi connectivity index (χ3n) is 16.2. The minimum atomic E-state index is -0.902. The van der Waals surface area contributed by atoms with Crippen molar-refractivity contribution in [1.82, 2.24) is 34.6 Å². The third kappa shape index (κ3) is 13.0. The van der Waals surface area contributed by atoms with Gasteiger partial charge >= 0.3 is 5.97 Å². The second-order valence-electron chi connectivity index (χ2n) is 22.5. The molecule has 442 valence electrons. The number of rotatable bonds is 14. The summed E-state index contributed by atoms with van der Waals surface area (Å²) in [6.07, 6.45) is 3.09. The maximum Gasteiger partial charge on any atom is 0.326 e. The molecule has 2 saturated heterocycles. The predicted octanol–water partition coefficient (Wildman–Crippen LogP) is 12.1. The van der Waals surface area contributed by atoms with Crippen LogP contribution in [0.5, 0.6) is 0 Å². The Labute approximate surface area is 502 Å². The minimum Gasteiger partial charge on any atom is -0.480 e. The molecule has 8 N–H and O–H groups in total. The molecule has 0 saturated carbocycles. The van der Waals surface area contributed by atoms with Crippen molar-refractivity contribution < 1.29 is 37.9 Å². The van der Waals surface area contributed by atoms with Crippen LogP contribution in [0.15, 0.2) is 185 Å². The highest BCUT2D eigenvalue weighted by molar-refractivity contribution is 5.98. The zero-order chi connectivity index (χ0) is 60.9. The number of oxazole rings is 2. The fourth-order valence-electron chi connectivity index (χ4n) is 11.6. The summed E-state index contributed by atoms with van der Waals surface area (Å²) < 4.78 is 11.8. The van der Waals surface area contributed by atoms with Gasteiger partial charge in [0.2, 0.25) is 29.5 Å². The number of fused-ring (bicyclic) bond motifs is 4. The summed E-state index contributed by atoms with van der Waals surface area (Å²) in [7, 11) is 3.76. The third-order valence-corrected chi connectivity index (χ3v) is 16.2. The number of aromatic nitrogens is 4. The molecule has 0 unspecified atom stereocenters. The first-order valence-corrected chi connectivity index (χ1v) is 29.1. The van der Waals surface area contributed by atoms with Crippen LogP contribution in [-0.2, 0) is 30.4 Å². The first-order chi connectivity index (χ1) is 42.0. The summed E-state index contributed by atoms with van der Waals surface area (Å²) in [5.41, 5.74) is 23.3. The van der Waals surface area contributed by atoms with Crippen molar-refractivity contribution in [3.8, 4) is 23.2 Å². The molecule has 2 fully saturated rings.